The molecule has 0 fully saturated rings. The number of anilines is 1. The molecular formula is C21H23NO3. The summed E-state index contributed by atoms with van der Waals surface area (Å²) < 4.78 is 5.48. The minimum absolute atomic E-state index is 0.0618. The molecule has 1 aliphatic rings. The van der Waals surface area contributed by atoms with Crippen LogP contribution in [0.15, 0.2) is 42.5 Å². The predicted octanol–water partition coefficient (Wildman–Crippen LogP) is 3.83. The zero-order valence-electron chi connectivity index (χ0n) is 15.1. The molecule has 1 amide bonds. The van der Waals surface area contributed by atoms with E-state index in [1.54, 1.807) is 17.9 Å². The number of amides is 1. The minimum atomic E-state index is -0.832. The van der Waals surface area contributed by atoms with Crippen LogP contribution >= 0.6 is 0 Å². The molecular weight excluding hydrogens is 314 g/mol. The minimum Gasteiger partial charge on any atom is -0.449 e. The average molecular weight is 337 g/mol. The van der Waals surface area contributed by atoms with E-state index in [1.807, 2.05) is 57.2 Å². The SMILES string of the molecule is Cc1ccc(C)c(C(=O)O[C@H](C)C(=O)N2c3ccccc3C[C@H]2C)c1. The lowest BCUT2D eigenvalue weighted by molar-refractivity contribution is -0.126. The van der Waals surface area contributed by atoms with Crippen molar-refractivity contribution in [3.63, 3.8) is 0 Å². The number of hydrogen-bond acceptors (Lipinski definition) is 3. The van der Waals surface area contributed by atoms with Gasteiger partial charge in [-0.05, 0) is 57.4 Å². The third kappa shape index (κ3) is 3.29. The Kier molecular flexibility index (Phi) is 4.62. The van der Waals surface area contributed by atoms with Crippen LogP contribution in [0.5, 0.6) is 0 Å². The summed E-state index contributed by atoms with van der Waals surface area (Å²) in [6.07, 6.45) is -0.0134. The third-order valence-corrected chi connectivity index (χ3v) is 4.69. The normalized spacial score (nSPS) is 17.1. The van der Waals surface area contributed by atoms with Crippen molar-refractivity contribution in [1.82, 2.24) is 0 Å². The molecule has 0 bridgehead atoms. The maximum atomic E-state index is 12.9. The van der Waals surface area contributed by atoms with Crippen molar-refractivity contribution in [3.05, 3.63) is 64.7 Å². The maximum Gasteiger partial charge on any atom is 0.339 e. The van der Waals surface area contributed by atoms with E-state index in [9.17, 15) is 9.59 Å². The summed E-state index contributed by atoms with van der Waals surface area (Å²) in [5.74, 6) is -0.640. The van der Waals surface area contributed by atoms with Crippen molar-refractivity contribution in [2.75, 3.05) is 4.90 Å². The smallest absolute Gasteiger partial charge is 0.339 e. The van der Waals surface area contributed by atoms with E-state index in [2.05, 4.69) is 0 Å². The van der Waals surface area contributed by atoms with Crippen molar-refractivity contribution in [3.8, 4) is 0 Å². The summed E-state index contributed by atoms with van der Waals surface area (Å²) in [5.41, 5.74) is 4.40. The number of fused-ring (bicyclic) bond motifs is 1. The van der Waals surface area contributed by atoms with Gasteiger partial charge in [0.15, 0.2) is 6.10 Å². The molecule has 2 aromatic rings. The number of para-hydroxylation sites is 1. The molecule has 3 rings (SSSR count). The second-order valence-electron chi connectivity index (χ2n) is 6.76. The van der Waals surface area contributed by atoms with E-state index in [0.29, 0.717) is 5.56 Å². The fourth-order valence-corrected chi connectivity index (χ4v) is 3.33. The van der Waals surface area contributed by atoms with Crippen molar-refractivity contribution in [2.45, 2.75) is 46.3 Å². The molecule has 0 radical (unpaired) electrons. The van der Waals surface area contributed by atoms with E-state index in [1.165, 1.54) is 0 Å². The van der Waals surface area contributed by atoms with Crippen molar-refractivity contribution < 1.29 is 14.3 Å². The first-order valence-electron chi connectivity index (χ1n) is 8.57. The molecule has 0 aromatic heterocycles. The molecule has 0 spiro atoms. The van der Waals surface area contributed by atoms with Gasteiger partial charge < -0.3 is 9.64 Å². The van der Waals surface area contributed by atoms with Crippen molar-refractivity contribution in [2.24, 2.45) is 0 Å². The van der Waals surface area contributed by atoms with Crippen LogP contribution in [-0.2, 0) is 16.0 Å². The van der Waals surface area contributed by atoms with Gasteiger partial charge in [-0.2, -0.15) is 0 Å². The van der Waals surface area contributed by atoms with E-state index < -0.39 is 12.1 Å². The molecule has 25 heavy (non-hydrogen) atoms. The van der Waals surface area contributed by atoms with Crippen LogP contribution in [-0.4, -0.2) is 24.0 Å². The highest BCUT2D eigenvalue weighted by molar-refractivity contribution is 6.01. The van der Waals surface area contributed by atoms with E-state index in [0.717, 1.165) is 28.8 Å². The number of hydrogen-bond donors (Lipinski definition) is 0. The zero-order valence-corrected chi connectivity index (χ0v) is 15.1. The molecule has 0 saturated carbocycles. The largest absolute Gasteiger partial charge is 0.449 e. The standard InChI is InChI=1S/C21H23NO3/c1-13-9-10-14(2)18(11-13)21(24)25-16(4)20(23)22-15(3)12-17-7-5-6-8-19(17)22/h5-11,15-16H,12H2,1-4H3/t15-,16-/m1/s1. The fraction of sp³-hybridized carbons (Fsp3) is 0.333. The Bertz CT molecular complexity index is 828. The number of aryl methyl sites for hydroxylation is 2. The fourth-order valence-electron chi connectivity index (χ4n) is 3.33. The number of carbonyl (C=O) groups is 2. The highest BCUT2D eigenvalue weighted by Crippen LogP contribution is 2.32. The molecule has 1 heterocycles. The lowest BCUT2D eigenvalue weighted by atomic mass is 10.1. The first kappa shape index (κ1) is 17.2. The van der Waals surface area contributed by atoms with Gasteiger partial charge >= 0.3 is 5.97 Å². The van der Waals surface area contributed by atoms with Gasteiger partial charge in [0.25, 0.3) is 5.91 Å². The van der Waals surface area contributed by atoms with Gasteiger partial charge in [0, 0.05) is 11.7 Å². The van der Waals surface area contributed by atoms with E-state index in [-0.39, 0.29) is 11.9 Å². The highest BCUT2D eigenvalue weighted by Gasteiger charge is 2.34. The summed E-state index contributed by atoms with van der Waals surface area (Å²) in [6, 6.07) is 13.6. The number of benzene rings is 2. The van der Waals surface area contributed by atoms with Crippen LogP contribution in [0, 0.1) is 13.8 Å². The molecule has 4 heteroatoms. The quantitative estimate of drug-likeness (QED) is 0.800. The number of carbonyl (C=O) groups excluding carboxylic acids is 2. The Morgan fingerprint density at radius 3 is 2.64 bits per heavy atom. The monoisotopic (exact) mass is 337 g/mol. The summed E-state index contributed by atoms with van der Waals surface area (Å²) in [5, 5.41) is 0. The molecule has 4 nitrogen and oxygen atoms in total. The highest BCUT2D eigenvalue weighted by atomic mass is 16.5. The number of ether oxygens (including phenoxy) is 1. The van der Waals surface area contributed by atoms with E-state index >= 15 is 0 Å². The Hall–Kier alpha value is -2.62. The van der Waals surface area contributed by atoms with Gasteiger partial charge in [-0.25, -0.2) is 4.79 Å². The van der Waals surface area contributed by atoms with Gasteiger partial charge in [0.1, 0.15) is 0 Å². The first-order chi connectivity index (χ1) is 11.9. The summed E-state index contributed by atoms with van der Waals surface area (Å²) in [4.78, 5) is 27.1. The van der Waals surface area contributed by atoms with E-state index in [4.69, 9.17) is 4.74 Å². The van der Waals surface area contributed by atoms with Crippen LogP contribution in [0.25, 0.3) is 0 Å². The van der Waals surface area contributed by atoms with Gasteiger partial charge in [0.05, 0.1) is 5.56 Å². The number of esters is 1. The van der Waals surface area contributed by atoms with Crippen LogP contribution in [0.4, 0.5) is 5.69 Å². The molecule has 0 unspecified atom stereocenters. The number of rotatable bonds is 3. The lowest BCUT2D eigenvalue weighted by Gasteiger charge is -2.26. The van der Waals surface area contributed by atoms with Crippen molar-refractivity contribution in [1.29, 1.82) is 0 Å². The topological polar surface area (TPSA) is 46.6 Å². The first-order valence-corrected chi connectivity index (χ1v) is 8.57. The molecule has 2 aromatic carbocycles. The Balaban J connectivity index is 1.77. The third-order valence-electron chi connectivity index (χ3n) is 4.69. The van der Waals surface area contributed by atoms with Crippen LogP contribution in [0.1, 0.15) is 40.9 Å². The summed E-state index contributed by atoms with van der Waals surface area (Å²) >= 11 is 0. The lowest BCUT2D eigenvalue weighted by Crippen LogP contribution is -2.43. The predicted molar refractivity (Wildman–Crippen MR) is 97.9 cm³/mol. The van der Waals surface area contributed by atoms with Crippen LogP contribution in [0.3, 0.4) is 0 Å². The van der Waals surface area contributed by atoms with Gasteiger partial charge in [-0.3, -0.25) is 4.79 Å². The molecule has 1 aliphatic heterocycles. The summed E-state index contributed by atoms with van der Waals surface area (Å²) in [6.45, 7) is 7.44. The molecule has 130 valence electrons. The molecule has 0 N–H and O–H groups in total. The summed E-state index contributed by atoms with van der Waals surface area (Å²) in [7, 11) is 0. The molecule has 2 atom stereocenters. The molecule has 0 saturated heterocycles. The Labute approximate surface area is 148 Å². The second-order valence-corrected chi connectivity index (χ2v) is 6.76. The average Bonchev–Trinajstić information content (AvgIpc) is 2.91. The van der Waals surface area contributed by atoms with Gasteiger partial charge in [0.2, 0.25) is 0 Å². The van der Waals surface area contributed by atoms with Crippen LogP contribution in [0.2, 0.25) is 0 Å². The zero-order chi connectivity index (χ0) is 18.1. The van der Waals surface area contributed by atoms with Gasteiger partial charge in [-0.1, -0.05) is 35.9 Å². The van der Waals surface area contributed by atoms with Crippen LogP contribution < -0.4 is 4.90 Å². The Morgan fingerprint density at radius 2 is 1.88 bits per heavy atom. The van der Waals surface area contributed by atoms with Gasteiger partial charge in [-0.15, -0.1) is 0 Å². The maximum absolute atomic E-state index is 12.9. The van der Waals surface area contributed by atoms with Crippen molar-refractivity contribution >= 4 is 17.6 Å². The second kappa shape index (κ2) is 6.71. The Morgan fingerprint density at radius 1 is 1.16 bits per heavy atom. The molecule has 0 aliphatic carbocycles. The number of nitrogens with zero attached hydrogens (tertiary/aromatic N) is 1.